The predicted molar refractivity (Wildman–Crippen MR) is 68.3 cm³/mol. The van der Waals surface area contributed by atoms with E-state index in [-0.39, 0.29) is 11.6 Å². The SMILES string of the molecule is O=C(NCC1=CCNCC1)c1cccn1CC(F)F. The summed E-state index contributed by atoms with van der Waals surface area (Å²) < 4.78 is 26.0. The van der Waals surface area contributed by atoms with Crippen LogP contribution in [-0.2, 0) is 6.54 Å². The maximum Gasteiger partial charge on any atom is 0.268 e. The first kappa shape index (κ1) is 13.7. The van der Waals surface area contributed by atoms with E-state index in [1.54, 1.807) is 12.1 Å². The topological polar surface area (TPSA) is 46.1 Å². The van der Waals surface area contributed by atoms with Crippen molar-refractivity contribution in [3.63, 3.8) is 0 Å². The van der Waals surface area contributed by atoms with E-state index in [9.17, 15) is 13.6 Å². The Kier molecular flexibility index (Phi) is 4.68. The predicted octanol–water partition coefficient (Wildman–Crippen LogP) is 1.40. The third kappa shape index (κ3) is 3.89. The van der Waals surface area contributed by atoms with Crippen LogP contribution in [0.2, 0.25) is 0 Å². The minimum Gasteiger partial charge on any atom is -0.347 e. The second-order valence-electron chi connectivity index (χ2n) is 4.44. The van der Waals surface area contributed by atoms with Crippen LogP contribution in [0.4, 0.5) is 8.78 Å². The highest BCUT2D eigenvalue weighted by molar-refractivity contribution is 5.92. The van der Waals surface area contributed by atoms with Crippen molar-refractivity contribution in [2.24, 2.45) is 0 Å². The third-order valence-electron chi connectivity index (χ3n) is 3.03. The zero-order valence-electron chi connectivity index (χ0n) is 10.5. The minimum absolute atomic E-state index is 0.273. The van der Waals surface area contributed by atoms with E-state index < -0.39 is 13.0 Å². The first-order chi connectivity index (χ1) is 9.16. The van der Waals surface area contributed by atoms with Crippen LogP contribution in [0.25, 0.3) is 0 Å². The van der Waals surface area contributed by atoms with Gasteiger partial charge in [0.1, 0.15) is 5.69 Å². The summed E-state index contributed by atoms with van der Waals surface area (Å²) in [5.41, 5.74) is 1.44. The van der Waals surface area contributed by atoms with Crippen LogP contribution in [0.15, 0.2) is 30.0 Å². The van der Waals surface area contributed by atoms with Gasteiger partial charge in [0.15, 0.2) is 0 Å². The lowest BCUT2D eigenvalue weighted by atomic mass is 10.1. The molecule has 2 rings (SSSR count). The molecule has 0 atom stereocenters. The molecule has 1 amide bonds. The molecule has 0 unspecified atom stereocenters. The van der Waals surface area contributed by atoms with E-state index in [0.717, 1.165) is 19.5 Å². The van der Waals surface area contributed by atoms with Crippen molar-refractivity contribution in [2.45, 2.75) is 19.4 Å². The van der Waals surface area contributed by atoms with Gasteiger partial charge >= 0.3 is 0 Å². The van der Waals surface area contributed by atoms with Gasteiger partial charge in [0.2, 0.25) is 0 Å². The van der Waals surface area contributed by atoms with Gasteiger partial charge in [-0.2, -0.15) is 0 Å². The van der Waals surface area contributed by atoms with Gasteiger partial charge in [0, 0.05) is 19.3 Å². The lowest BCUT2D eigenvalue weighted by Gasteiger charge is -2.15. The second-order valence-corrected chi connectivity index (χ2v) is 4.44. The Morgan fingerprint density at radius 3 is 3.05 bits per heavy atom. The van der Waals surface area contributed by atoms with E-state index in [1.807, 2.05) is 6.08 Å². The van der Waals surface area contributed by atoms with Gasteiger partial charge in [-0.15, -0.1) is 0 Å². The van der Waals surface area contributed by atoms with E-state index in [1.165, 1.54) is 16.3 Å². The summed E-state index contributed by atoms with van der Waals surface area (Å²) in [6.45, 7) is 1.74. The molecule has 1 aromatic heterocycles. The number of hydrogen-bond acceptors (Lipinski definition) is 2. The fraction of sp³-hybridized carbons (Fsp3) is 0.462. The number of aromatic nitrogens is 1. The molecule has 0 radical (unpaired) electrons. The lowest BCUT2D eigenvalue weighted by molar-refractivity contribution is 0.0933. The molecule has 1 aliphatic heterocycles. The van der Waals surface area contributed by atoms with Crippen LogP contribution >= 0.6 is 0 Å². The van der Waals surface area contributed by atoms with Gasteiger partial charge in [-0.05, 0) is 25.1 Å². The zero-order chi connectivity index (χ0) is 13.7. The maximum absolute atomic E-state index is 12.3. The van der Waals surface area contributed by atoms with Crippen molar-refractivity contribution >= 4 is 5.91 Å². The van der Waals surface area contributed by atoms with Crippen molar-refractivity contribution in [2.75, 3.05) is 19.6 Å². The van der Waals surface area contributed by atoms with Crippen molar-refractivity contribution in [3.05, 3.63) is 35.7 Å². The Labute approximate surface area is 110 Å². The summed E-state index contributed by atoms with van der Waals surface area (Å²) in [6, 6.07) is 3.15. The molecule has 6 heteroatoms. The summed E-state index contributed by atoms with van der Waals surface area (Å²) in [5, 5.41) is 5.95. The van der Waals surface area contributed by atoms with Crippen molar-refractivity contribution < 1.29 is 13.6 Å². The highest BCUT2D eigenvalue weighted by atomic mass is 19.3. The summed E-state index contributed by atoms with van der Waals surface area (Å²) in [4.78, 5) is 11.9. The average molecular weight is 269 g/mol. The summed E-state index contributed by atoms with van der Waals surface area (Å²) in [6.07, 6.45) is 1.97. The van der Waals surface area contributed by atoms with Crippen molar-refractivity contribution in [1.29, 1.82) is 0 Å². The smallest absolute Gasteiger partial charge is 0.268 e. The Morgan fingerprint density at radius 1 is 1.53 bits per heavy atom. The number of hydrogen-bond donors (Lipinski definition) is 2. The number of carbonyl (C=O) groups excluding carboxylic acids is 1. The molecule has 0 aliphatic carbocycles. The molecular formula is C13H17F2N3O. The molecule has 0 saturated heterocycles. The minimum atomic E-state index is -2.47. The summed E-state index contributed by atoms with van der Waals surface area (Å²) in [5.74, 6) is -0.315. The number of halogens is 2. The average Bonchev–Trinajstić information content (AvgIpc) is 2.84. The molecule has 1 aromatic rings. The van der Waals surface area contributed by atoms with E-state index in [0.29, 0.717) is 6.54 Å². The first-order valence-corrected chi connectivity index (χ1v) is 6.27. The van der Waals surface area contributed by atoms with Crippen LogP contribution in [0, 0.1) is 0 Å². The Bertz CT molecular complexity index is 468. The van der Waals surface area contributed by atoms with Crippen LogP contribution in [0.3, 0.4) is 0 Å². The van der Waals surface area contributed by atoms with Crippen molar-refractivity contribution in [3.8, 4) is 0 Å². The van der Waals surface area contributed by atoms with Crippen LogP contribution in [0.1, 0.15) is 16.9 Å². The van der Waals surface area contributed by atoms with Gasteiger partial charge in [-0.25, -0.2) is 8.78 Å². The molecule has 0 fully saturated rings. The van der Waals surface area contributed by atoms with Gasteiger partial charge in [-0.3, -0.25) is 4.79 Å². The number of nitrogens with one attached hydrogen (secondary N) is 2. The molecule has 0 spiro atoms. The number of carbonyl (C=O) groups is 1. The van der Waals surface area contributed by atoms with E-state index in [2.05, 4.69) is 10.6 Å². The highest BCUT2D eigenvalue weighted by Crippen LogP contribution is 2.07. The van der Waals surface area contributed by atoms with Gasteiger partial charge in [0.25, 0.3) is 12.3 Å². The fourth-order valence-electron chi connectivity index (χ4n) is 2.04. The molecule has 104 valence electrons. The van der Waals surface area contributed by atoms with E-state index in [4.69, 9.17) is 0 Å². The fourth-order valence-corrected chi connectivity index (χ4v) is 2.04. The normalized spacial score (nSPS) is 15.4. The number of amides is 1. The Balaban J connectivity index is 1.92. The Hall–Kier alpha value is -1.69. The molecule has 2 heterocycles. The van der Waals surface area contributed by atoms with Gasteiger partial charge in [0.05, 0.1) is 6.54 Å². The molecule has 4 nitrogen and oxygen atoms in total. The molecular weight excluding hydrogens is 252 g/mol. The van der Waals surface area contributed by atoms with E-state index >= 15 is 0 Å². The summed E-state index contributed by atoms with van der Waals surface area (Å²) >= 11 is 0. The standard InChI is InChI=1S/C13H17F2N3O/c14-12(15)9-18-7-1-2-11(18)13(19)17-8-10-3-5-16-6-4-10/h1-3,7,12,16H,4-6,8-9H2,(H,17,19). The van der Waals surface area contributed by atoms with Crippen molar-refractivity contribution in [1.82, 2.24) is 15.2 Å². The summed E-state index contributed by atoms with van der Waals surface area (Å²) in [7, 11) is 0. The van der Waals surface area contributed by atoms with Crippen LogP contribution in [-0.4, -0.2) is 36.5 Å². The molecule has 1 aliphatic rings. The second kappa shape index (κ2) is 6.47. The number of nitrogens with zero attached hydrogens (tertiary/aromatic N) is 1. The molecule has 0 bridgehead atoms. The van der Waals surface area contributed by atoms with Gasteiger partial charge < -0.3 is 15.2 Å². The lowest BCUT2D eigenvalue weighted by Crippen LogP contribution is -2.31. The first-order valence-electron chi connectivity index (χ1n) is 6.27. The number of alkyl halides is 2. The third-order valence-corrected chi connectivity index (χ3v) is 3.03. The maximum atomic E-state index is 12.3. The van der Waals surface area contributed by atoms with Crippen LogP contribution < -0.4 is 10.6 Å². The van der Waals surface area contributed by atoms with Crippen LogP contribution in [0.5, 0.6) is 0 Å². The largest absolute Gasteiger partial charge is 0.347 e. The molecule has 0 saturated carbocycles. The molecule has 0 aromatic carbocycles. The molecule has 2 N–H and O–H groups in total. The van der Waals surface area contributed by atoms with Gasteiger partial charge in [-0.1, -0.05) is 11.6 Å². The highest BCUT2D eigenvalue weighted by Gasteiger charge is 2.14. The number of rotatable bonds is 5. The monoisotopic (exact) mass is 269 g/mol. The Morgan fingerprint density at radius 2 is 2.37 bits per heavy atom. The molecule has 19 heavy (non-hydrogen) atoms. The zero-order valence-corrected chi connectivity index (χ0v) is 10.5. The quantitative estimate of drug-likeness (QED) is 0.794.